The van der Waals surface area contributed by atoms with E-state index in [9.17, 15) is 14.7 Å². The highest BCUT2D eigenvalue weighted by Crippen LogP contribution is 2.33. The van der Waals surface area contributed by atoms with Crippen molar-refractivity contribution in [2.45, 2.75) is 13.8 Å². The van der Waals surface area contributed by atoms with Gasteiger partial charge in [-0.15, -0.1) is 0 Å². The average molecular weight is 323 g/mol. The monoisotopic (exact) mass is 322 g/mol. The number of carboxylic acid groups (broad SMARTS) is 1. The molecule has 0 bridgehead atoms. The van der Waals surface area contributed by atoms with Crippen LogP contribution < -0.4 is 4.74 Å². The molecule has 0 aliphatic rings. The van der Waals surface area contributed by atoms with Gasteiger partial charge in [0.2, 0.25) is 0 Å². The Labute approximate surface area is 118 Å². The first-order valence-electron chi connectivity index (χ1n) is 5.54. The highest BCUT2D eigenvalue weighted by molar-refractivity contribution is 9.10. The lowest BCUT2D eigenvalue weighted by atomic mass is 9.99. The van der Waals surface area contributed by atoms with Gasteiger partial charge in [-0.2, -0.15) is 0 Å². The SMILES string of the molecule is CC(=O)Oc1cc(C(=O)O)c(C)c2ccc(Br)cc12. The van der Waals surface area contributed by atoms with Gasteiger partial charge in [0.1, 0.15) is 5.75 Å². The van der Waals surface area contributed by atoms with Crippen molar-refractivity contribution in [2.75, 3.05) is 0 Å². The molecule has 0 fully saturated rings. The van der Waals surface area contributed by atoms with Crippen LogP contribution in [-0.4, -0.2) is 17.0 Å². The molecule has 0 saturated carbocycles. The van der Waals surface area contributed by atoms with Crippen LogP contribution in [0.4, 0.5) is 0 Å². The van der Waals surface area contributed by atoms with Crippen LogP contribution in [-0.2, 0) is 4.79 Å². The third-order valence-corrected chi connectivity index (χ3v) is 3.31. The number of carbonyl (C=O) groups is 2. The zero-order chi connectivity index (χ0) is 14.2. The molecule has 0 aromatic heterocycles. The van der Waals surface area contributed by atoms with Gasteiger partial charge in [-0.25, -0.2) is 4.79 Å². The fourth-order valence-corrected chi connectivity index (χ4v) is 2.33. The smallest absolute Gasteiger partial charge is 0.336 e. The highest BCUT2D eigenvalue weighted by atomic mass is 79.9. The first-order chi connectivity index (χ1) is 8.90. The molecule has 0 atom stereocenters. The average Bonchev–Trinajstić information content (AvgIpc) is 2.31. The van der Waals surface area contributed by atoms with Gasteiger partial charge in [-0.3, -0.25) is 4.79 Å². The second-order valence-corrected chi connectivity index (χ2v) is 5.05. The number of carbonyl (C=O) groups excluding carboxylic acids is 1. The lowest BCUT2D eigenvalue weighted by Crippen LogP contribution is -2.06. The Morgan fingerprint density at radius 2 is 1.89 bits per heavy atom. The van der Waals surface area contributed by atoms with Crippen LogP contribution in [0.25, 0.3) is 10.8 Å². The molecule has 0 saturated heterocycles. The predicted molar refractivity (Wildman–Crippen MR) is 74.7 cm³/mol. The topological polar surface area (TPSA) is 63.6 Å². The maximum absolute atomic E-state index is 11.2. The second-order valence-electron chi connectivity index (χ2n) is 4.14. The molecule has 2 aromatic rings. The quantitative estimate of drug-likeness (QED) is 0.678. The Hall–Kier alpha value is -1.88. The molecule has 0 aliphatic heterocycles. The minimum Gasteiger partial charge on any atom is -0.478 e. The van der Waals surface area contributed by atoms with E-state index in [-0.39, 0.29) is 11.3 Å². The summed E-state index contributed by atoms with van der Waals surface area (Å²) < 4.78 is 5.93. The zero-order valence-corrected chi connectivity index (χ0v) is 11.9. The van der Waals surface area contributed by atoms with E-state index in [0.717, 1.165) is 9.86 Å². The third-order valence-electron chi connectivity index (χ3n) is 2.81. The van der Waals surface area contributed by atoms with E-state index in [1.165, 1.54) is 13.0 Å². The Morgan fingerprint density at radius 3 is 2.47 bits per heavy atom. The van der Waals surface area contributed by atoms with Crippen molar-refractivity contribution in [3.8, 4) is 5.75 Å². The fourth-order valence-electron chi connectivity index (χ4n) is 1.97. The van der Waals surface area contributed by atoms with Gasteiger partial charge in [0.25, 0.3) is 0 Å². The Morgan fingerprint density at radius 1 is 1.21 bits per heavy atom. The van der Waals surface area contributed by atoms with Crippen molar-refractivity contribution in [3.05, 3.63) is 39.9 Å². The van der Waals surface area contributed by atoms with E-state index in [1.807, 2.05) is 6.07 Å². The molecule has 0 unspecified atom stereocenters. The normalized spacial score (nSPS) is 10.5. The Kier molecular flexibility index (Phi) is 3.57. The number of esters is 1. The molecule has 0 aliphatic carbocycles. The summed E-state index contributed by atoms with van der Waals surface area (Å²) in [5, 5.41) is 10.6. The number of benzene rings is 2. The molecule has 0 amide bonds. The molecule has 5 heteroatoms. The van der Waals surface area contributed by atoms with Crippen molar-refractivity contribution in [3.63, 3.8) is 0 Å². The van der Waals surface area contributed by atoms with E-state index in [1.54, 1.807) is 19.1 Å². The van der Waals surface area contributed by atoms with Gasteiger partial charge in [0, 0.05) is 16.8 Å². The van der Waals surface area contributed by atoms with Gasteiger partial charge < -0.3 is 9.84 Å². The van der Waals surface area contributed by atoms with Crippen LogP contribution >= 0.6 is 15.9 Å². The highest BCUT2D eigenvalue weighted by Gasteiger charge is 2.16. The number of aryl methyl sites for hydroxylation is 1. The third kappa shape index (κ3) is 2.61. The van der Waals surface area contributed by atoms with Crippen molar-refractivity contribution >= 4 is 38.6 Å². The summed E-state index contributed by atoms with van der Waals surface area (Å²) in [4.78, 5) is 22.3. The second kappa shape index (κ2) is 5.01. The molecule has 0 spiro atoms. The number of rotatable bonds is 2. The van der Waals surface area contributed by atoms with Gasteiger partial charge in [0.15, 0.2) is 0 Å². The van der Waals surface area contributed by atoms with Crippen LogP contribution in [0.1, 0.15) is 22.8 Å². The molecule has 2 rings (SSSR count). The molecular formula is C14H11BrO4. The summed E-state index contributed by atoms with van der Waals surface area (Å²) in [7, 11) is 0. The molecule has 1 N–H and O–H groups in total. The summed E-state index contributed by atoms with van der Waals surface area (Å²) >= 11 is 3.35. The van der Waals surface area contributed by atoms with Crippen molar-refractivity contribution in [1.82, 2.24) is 0 Å². The number of ether oxygens (including phenoxy) is 1. The number of aromatic carboxylic acids is 1. The van der Waals surface area contributed by atoms with E-state index in [2.05, 4.69) is 15.9 Å². The van der Waals surface area contributed by atoms with Gasteiger partial charge in [-0.05, 0) is 36.1 Å². The summed E-state index contributed by atoms with van der Waals surface area (Å²) in [6.45, 7) is 3.02. The number of fused-ring (bicyclic) bond motifs is 1. The Balaban J connectivity index is 2.83. The lowest BCUT2D eigenvalue weighted by Gasteiger charge is -2.11. The van der Waals surface area contributed by atoms with Crippen molar-refractivity contribution < 1.29 is 19.4 Å². The number of hydrogen-bond donors (Lipinski definition) is 1. The van der Waals surface area contributed by atoms with Crippen LogP contribution in [0, 0.1) is 6.92 Å². The minimum absolute atomic E-state index is 0.131. The zero-order valence-electron chi connectivity index (χ0n) is 10.4. The summed E-state index contributed by atoms with van der Waals surface area (Å²) in [5.74, 6) is -1.27. The molecule has 4 nitrogen and oxygen atoms in total. The molecule has 19 heavy (non-hydrogen) atoms. The Bertz CT molecular complexity index is 691. The van der Waals surface area contributed by atoms with Crippen LogP contribution in [0.2, 0.25) is 0 Å². The van der Waals surface area contributed by atoms with Gasteiger partial charge >= 0.3 is 11.9 Å². The lowest BCUT2D eigenvalue weighted by molar-refractivity contribution is -0.131. The van der Waals surface area contributed by atoms with Crippen molar-refractivity contribution in [2.24, 2.45) is 0 Å². The van der Waals surface area contributed by atoms with Crippen LogP contribution in [0.5, 0.6) is 5.75 Å². The standard InChI is InChI=1S/C14H11BrO4/c1-7-10-4-3-9(15)5-12(10)13(19-8(2)16)6-11(7)14(17)18/h3-6H,1-2H3,(H,17,18). The summed E-state index contributed by atoms with van der Waals surface area (Å²) in [6.07, 6.45) is 0. The van der Waals surface area contributed by atoms with Crippen LogP contribution in [0.15, 0.2) is 28.7 Å². The molecule has 0 radical (unpaired) electrons. The maximum atomic E-state index is 11.2. The van der Waals surface area contributed by atoms with Gasteiger partial charge in [-0.1, -0.05) is 22.0 Å². The molecule has 2 aromatic carbocycles. The molecular weight excluding hydrogens is 312 g/mol. The van der Waals surface area contributed by atoms with Gasteiger partial charge in [0.05, 0.1) is 5.56 Å². The maximum Gasteiger partial charge on any atom is 0.336 e. The predicted octanol–water partition coefficient (Wildman–Crippen LogP) is 3.53. The number of hydrogen-bond acceptors (Lipinski definition) is 3. The molecule has 98 valence electrons. The van der Waals surface area contributed by atoms with E-state index < -0.39 is 11.9 Å². The van der Waals surface area contributed by atoms with E-state index >= 15 is 0 Å². The summed E-state index contributed by atoms with van der Waals surface area (Å²) in [5.41, 5.74) is 0.775. The van der Waals surface area contributed by atoms with E-state index in [4.69, 9.17) is 4.74 Å². The minimum atomic E-state index is -1.05. The number of halogens is 1. The first kappa shape index (κ1) is 13.5. The van der Waals surface area contributed by atoms with Crippen molar-refractivity contribution in [1.29, 1.82) is 0 Å². The number of carboxylic acids is 1. The van der Waals surface area contributed by atoms with Crippen LogP contribution in [0.3, 0.4) is 0 Å². The molecule has 0 heterocycles. The van der Waals surface area contributed by atoms with E-state index in [0.29, 0.717) is 10.9 Å². The largest absolute Gasteiger partial charge is 0.478 e. The summed E-state index contributed by atoms with van der Waals surface area (Å²) in [6, 6.07) is 6.80. The first-order valence-corrected chi connectivity index (χ1v) is 6.34. The fraction of sp³-hybridized carbons (Fsp3) is 0.143.